The van der Waals surface area contributed by atoms with E-state index in [-0.39, 0.29) is 17.8 Å². The molecule has 1 amide bonds. The molecule has 3 aliphatic rings. The van der Waals surface area contributed by atoms with E-state index in [2.05, 4.69) is 31.2 Å². The van der Waals surface area contributed by atoms with Gasteiger partial charge in [-0.15, -0.1) is 0 Å². The zero-order valence-electron chi connectivity index (χ0n) is 24.4. The number of carbonyl (C=O) groups is 2. The molecule has 4 aromatic rings. The fraction of sp³-hybridized carbons (Fsp3) is 0.382. The Bertz CT molecular complexity index is 1660. The molecular weight excluding hydrogens is 592 g/mol. The van der Waals surface area contributed by atoms with Crippen LogP contribution in [0, 0.1) is 12.3 Å². The average molecular weight is 628 g/mol. The standard InChI is InChI=1S/C34H35BrN4O3/c1-21-28(24-18-23(35)10-11-26(24)38-29(21)22-8-6-5-7-9-22)30(40)39-34-14-12-33(13-15-34,31(41)42-32(2,3)4)19-25(34)27-20-36-16-17-37-27/h5-11,16-18,20,25H,12-15,19H2,1-4H3,(H,39,40). The Morgan fingerprint density at radius 3 is 2.43 bits per heavy atom. The number of pyridine rings is 1. The second-order valence-corrected chi connectivity index (χ2v) is 13.7. The monoisotopic (exact) mass is 626 g/mol. The number of carbonyl (C=O) groups excluding carboxylic acids is 2. The Balaban J connectivity index is 1.42. The third-order valence-corrected chi connectivity index (χ3v) is 9.45. The molecule has 0 radical (unpaired) electrons. The maximum Gasteiger partial charge on any atom is 0.312 e. The minimum atomic E-state index is -0.605. The van der Waals surface area contributed by atoms with E-state index >= 15 is 0 Å². The average Bonchev–Trinajstić information content (AvgIpc) is 2.97. The summed E-state index contributed by atoms with van der Waals surface area (Å²) in [5.41, 5.74) is 2.98. The fourth-order valence-electron chi connectivity index (χ4n) is 6.87. The lowest BCUT2D eigenvalue weighted by Crippen LogP contribution is -2.63. The zero-order chi connectivity index (χ0) is 29.7. The van der Waals surface area contributed by atoms with Crippen molar-refractivity contribution in [3.63, 3.8) is 0 Å². The van der Waals surface area contributed by atoms with E-state index in [1.165, 1.54) is 0 Å². The predicted molar refractivity (Wildman–Crippen MR) is 166 cm³/mol. The van der Waals surface area contributed by atoms with Gasteiger partial charge in [-0.2, -0.15) is 0 Å². The third-order valence-electron chi connectivity index (χ3n) is 8.96. The molecule has 1 N–H and O–H groups in total. The maximum absolute atomic E-state index is 14.5. The molecule has 2 aromatic carbocycles. The SMILES string of the molecule is Cc1c(-c2ccccc2)nc2ccc(Br)cc2c1C(=O)NC12CCC(C(=O)OC(C)(C)C)(CC1)CC2c1cnccn1. The highest BCUT2D eigenvalue weighted by molar-refractivity contribution is 9.10. The molecule has 1 atom stereocenters. The van der Waals surface area contributed by atoms with Gasteiger partial charge in [0.25, 0.3) is 5.91 Å². The number of hydrogen-bond acceptors (Lipinski definition) is 6. The summed E-state index contributed by atoms with van der Waals surface area (Å²) in [6, 6.07) is 15.8. The highest BCUT2D eigenvalue weighted by Crippen LogP contribution is 2.59. The molecule has 216 valence electrons. The van der Waals surface area contributed by atoms with E-state index in [1.807, 2.05) is 76.2 Å². The van der Waals surface area contributed by atoms with Crippen molar-refractivity contribution in [2.45, 2.75) is 76.9 Å². The van der Waals surface area contributed by atoms with Gasteiger partial charge in [0.15, 0.2) is 0 Å². The van der Waals surface area contributed by atoms with Crippen molar-refractivity contribution >= 4 is 38.7 Å². The minimum absolute atomic E-state index is 0.143. The summed E-state index contributed by atoms with van der Waals surface area (Å²) in [4.78, 5) is 42.1. The number of nitrogens with one attached hydrogen (secondary N) is 1. The number of amides is 1. The van der Waals surface area contributed by atoms with Crippen LogP contribution in [0.15, 0.2) is 71.6 Å². The Labute approximate surface area is 254 Å². The van der Waals surface area contributed by atoms with Crippen molar-refractivity contribution in [1.29, 1.82) is 0 Å². The predicted octanol–water partition coefficient (Wildman–Crippen LogP) is 7.32. The van der Waals surface area contributed by atoms with Crippen LogP contribution in [0.4, 0.5) is 0 Å². The maximum atomic E-state index is 14.5. The molecule has 42 heavy (non-hydrogen) atoms. The highest BCUT2D eigenvalue weighted by atomic mass is 79.9. The first kappa shape index (κ1) is 28.5. The molecule has 2 bridgehead atoms. The lowest BCUT2D eigenvalue weighted by molar-refractivity contribution is -0.176. The number of rotatable bonds is 5. The third kappa shape index (κ3) is 5.10. The number of esters is 1. The molecule has 0 aliphatic heterocycles. The van der Waals surface area contributed by atoms with Gasteiger partial charge in [-0.25, -0.2) is 4.98 Å². The van der Waals surface area contributed by atoms with E-state index in [0.29, 0.717) is 37.7 Å². The van der Waals surface area contributed by atoms with Crippen molar-refractivity contribution in [3.8, 4) is 11.3 Å². The van der Waals surface area contributed by atoms with Gasteiger partial charge in [-0.3, -0.25) is 19.6 Å². The highest BCUT2D eigenvalue weighted by Gasteiger charge is 2.60. The van der Waals surface area contributed by atoms with Crippen LogP contribution < -0.4 is 5.32 Å². The molecule has 3 aliphatic carbocycles. The van der Waals surface area contributed by atoms with E-state index in [4.69, 9.17) is 9.72 Å². The fourth-order valence-corrected chi connectivity index (χ4v) is 7.23. The summed E-state index contributed by atoms with van der Waals surface area (Å²) in [6.07, 6.45) is 8.24. The first-order valence-electron chi connectivity index (χ1n) is 14.5. The molecule has 2 heterocycles. The lowest BCUT2D eigenvalue weighted by atomic mass is 9.52. The molecular formula is C34H35BrN4O3. The van der Waals surface area contributed by atoms with E-state index in [0.717, 1.165) is 37.9 Å². The molecule has 1 unspecified atom stereocenters. The van der Waals surface area contributed by atoms with Crippen LogP contribution in [-0.4, -0.2) is 38.0 Å². The first-order chi connectivity index (χ1) is 20.0. The summed E-state index contributed by atoms with van der Waals surface area (Å²) < 4.78 is 6.80. The molecule has 8 heteroatoms. The molecule has 3 saturated carbocycles. The van der Waals surface area contributed by atoms with Crippen LogP contribution in [0.25, 0.3) is 22.2 Å². The van der Waals surface area contributed by atoms with Crippen molar-refractivity contribution in [3.05, 3.63) is 88.4 Å². The molecule has 3 fully saturated rings. The number of hydrogen-bond donors (Lipinski definition) is 1. The van der Waals surface area contributed by atoms with Crippen LogP contribution in [0.5, 0.6) is 0 Å². The topological polar surface area (TPSA) is 94.1 Å². The van der Waals surface area contributed by atoms with Gasteiger partial charge in [0, 0.05) is 45.5 Å². The quantitative estimate of drug-likeness (QED) is 0.233. The van der Waals surface area contributed by atoms with Crippen molar-refractivity contribution in [2.24, 2.45) is 5.41 Å². The van der Waals surface area contributed by atoms with Gasteiger partial charge >= 0.3 is 5.97 Å². The number of halogens is 1. The van der Waals surface area contributed by atoms with Crippen molar-refractivity contribution < 1.29 is 14.3 Å². The largest absolute Gasteiger partial charge is 0.460 e. The Hall–Kier alpha value is -3.65. The van der Waals surface area contributed by atoms with Gasteiger partial charge in [-0.1, -0.05) is 46.3 Å². The summed E-state index contributed by atoms with van der Waals surface area (Å²) >= 11 is 3.59. The summed E-state index contributed by atoms with van der Waals surface area (Å²) in [5.74, 6) is -0.480. The normalized spacial score (nSPS) is 23.5. The van der Waals surface area contributed by atoms with Crippen LogP contribution in [0.1, 0.15) is 80.4 Å². The van der Waals surface area contributed by atoms with Crippen LogP contribution in [-0.2, 0) is 9.53 Å². The Kier molecular flexibility index (Phi) is 7.16. The van der Waals surface area contributed by atoms with Crippen LogP contribution in [0.3, 0.4) is 0 Å². The van der Waals surface area contributed by atoms with E-state index < -0.39 is 16.6 Å². The van der Waals surface area contributed by atoms with Gasteiger partial charge in [-0.05, 0) is 83.6 Å². The summed E-state index contributed by atoms with van der Waals surface area (Å²) in [6.45, 7) is 7.68. The zero-order valence-corrected chi connectivity index (χ0v) is 26.0. The van der Waals surface area contributed by atoms with E-state index in [1.54, 1.807) is 18.6 Å². The van der Waals surface area contributed by atoms with Crippen LogP contribution in [0.2, 0.25) is 0 Å². The van der Waals surface area contributed by atoms with Gasteiger partial charge in [0.1, 0.15) is 5.60 Å². The molecule has 7 rings (SSSR count). The van der Waals surface area contributed by atoms with Gasteiger partial charge in [0.05, 0.1) is 27.9 Å². The van der Waals surface area contributed by atoms with Crippen molar-refractivity contribution in [1.82, 2.24) is 20.3 Å². The lowest BCUT2D eigenvalue weighted by Gasteiger charge is -2.56. The molecule has 0 saturated heterocycles. The number of benzene rings is 2. The molecule has 7 nitrogen and oxygen atoms in total. The Morgan fingerprint density at radius 1 is 1.02 bits per heavy atom. The molecule has 2 aromatic heterocycles. The second-order valence-electron chi connectivity index (χ2n) is 12.8. The first-order valence-corrected chi connectivity index (χ1v) is 15.3. The van der Waals surface area contributed by atoms with Crippen molar-refractivity contribution in [2.75, 3.05) is 0 Å². The number of ether oxygens (including phenoxy) is 1. The van der Waals surface area contributed by atoms with Gasteiger partial charge < -0.3 is 10.1 Å². The number of aromatic nitrogens is 3. The van der Waals surface area contributed by atoms with Gasteiger partial charge in [0.2, 0.25) is 0 Å². The minimum Gasteiger partial charge on any atom is -0.460 e. The summed E-state index contributed by atoms with van der Waals surface area (Å²) in [7, 11) is 0. The second kappa shape index (κ2) is 10.6. The van der Waals surface area contributed by atoms with Crippen LogP contribution >= 0.6 is 15.9 Å². The smallest absolute Gasteiger partial charge is 0.312 e. The van der Waals surface area contributed by atoms with E-state index in [9.17, 15) is 9.59 Å². The number of fused-ring (bicyclic) bond motifs is 4. The molecule has 0 spiro atoms. The number of nitrogens with zero attached hydrogens (tertiary/aromatic N) is 3. The Morgan fingerprint density at radius 2 is 1.76 bits per heavy atom. The summed E-state index contributed by atoms with van der Waals surface area (Å²) in [5, 5.41) is 4.31.